The first-order valence-corrected chi connectivity index (χ1v) is 8.49. The van der Waals surface area contributed by atoms with Crippen LogP contribution in [0.1, 0.15) is 24.0 Å². The number of carbonyl (C=O) groups excluding carboxylic acids is 3. The van der Waals surface area contributed by atoms with Crippen molar-refractivity contribution in [3.05, 3.63) is 65.7 Å². The zero-order valence-electron chi connectivity index (χ0n) is 15.0. The Bertz CT molecular complexity index is 762. The van der Waals surface area contributed by atoms with Gasteiger partial charge in [0.15, 0.2) is 0 Å². The lowest BCUT2D eigenvalue weighted by molar-refractivity contribution is -0.133. The maximum Gasteiger partial charge on any atom is 0.411 e. The van der Waals surface area contributed by atoms with Crippen LogP contribution in [0.25, 0.3) is 0 Å². The van der Waals surface area contributed by atoms with E-state index in [9.17, 15) is 14.4 Å². The Morgan fingerprint density at radius 2 is 1.78 bits per heavy atom. The molecule has 0 fully saturated rings. The highest BCUT2D eigenvalue weighted by Crippen LogP contribution is 2.22. The predicted molar refractivity (Wildman–Crippen MR) is 100 cm³/mol. The number of carbonyl (C=O) groups is 3. The first-order valence-electron chi connectivity index (χ1n) is 8.49. The van der Waals surface area contributed by atoms with E-state index in [0.29, 0.717) is 17.5 Å². The standard InChI is InChI=1S/C20H22N2O5/c1-2-26-18(19(21)24)17(12-23)15-8-10-16(11-9-15)22-20(25)27-13-14-6-4-3-5-7-14/h3-12,17-18H,2,13H2,1H3,(H2,21,24)(H,22,25). The van der Waals surface area contributed by atoms with E-state index in [0.717, 1.165) is 5.56 Å². The van der Waals surface area contributed by atoms with Crippen molar-refractivity contribution >= 4 is 24.0 Å². The van der Waals surface area contributed by atoms with Crippen LogP contribution >= 0.6 is 0 Å². The number of benzene rings is 2. The third-order valence-corrected chi connectivity index (χ3v) is 3.85. The SMILES string of the molecule is CCOC(C(N)=O)C(C=O)c1ccc(NC(=O)OCc2ccccc2)cc1. The molecule has 2 aromatic rings. The number of hydrogen-bond acceptors (Lipinski definition) is 5. The van der Waals surface area contributed by atoms with Crippen molar-refractivity contribution < 1.29 is 23.9 Å². The number of primary amides is 1. The summed E-state index contributed by atoms with van der Waals surface area (Å²) in [6.07, 6.45) is -1.01. The molecule has 2 atom stereocenters. The van der Waals surface area contributed by atoms with Crippen LogP contribution < -0.4 is 11.1 Å². The molecule has 0 aliphatic carbocycles. The number of nitrogens with two attached hydrogens (primary N) is 1. The second-order valence-corrected chi connectivity index (χ2v) is 5.75. The molecule has 0 aromatic heterocycles. The number of hydrogen-bond donors (Lipinski definition) is 2. The van der Waals surface area contributed by atoms with Crippen molar-refractivity contribution in [2.75, 3.05) is 11.9 Å². The van der Waals surface area contributed by atoms with E-state index in [4.69, 9.17) is 15.2 Å². The summed E-state index contributed by atoms with van der Waals surface area (Å²) in [5, 5.41) is 2.60. The van der Waals surface area contributed by atoms with Crippen molar-refractivity contribution in [3.8, 4) is 0 Å². The van der Waals surface area contributed by atoms with Gasteiger partial charge in [0.05, 0.1) is 5.92 Å². The zero-order chi connectivity index (χ0) is 19.6. The minimum atomic E-state index is -1.04. The molecule has 7 heteroatoms. The Balaban J connectivity index is 1.97. The number of rotatable bonds is 9. The molecule has 0 bridgehead atoms. The summed E-state index contributed by atoms with van der Waals surface area (Å²) >= 11 is 0. The molecule has 0 saturated heterocycles. The van der Waals surface area contributed by atoms with Gasteiger partial charge in [0.25, 0.3) is 0 Å². The lowest BCUT2D eigenvalue weighted by Gasteiger charge is -2.20. The van der Waals surface area contributed by atoms with Crippen LogP contribution in [0.3, 0.4) is 0 Å². The predicted octanol–water partition coefficient (Wildman–Crippen LogP) is 2.61. The molecule has 27 heavy (non-hydrogen) atoms. The third kappa shape index (κ3) is 5.93. The molecule has 0 heterocycles. The lowest BCUT2D eigenvalue weighted by Crippen LogP contribution is -2.37. The second-order valence-electron chi connectivity index (χ2n) is 5.75. The highest BCUT2D eigenvalue weighted by molar-refractivity contribution is 5.86. The van der Waals surface area contributed by atoms with Gasteiger partial charge >= 0.3 is 6.09 Å². The van der Waals surface area contributed by atoms with Gasteiger partial charge in [0, 0.05) is 12.3 Å². The van der Waals surface area contributed by atoms with Crippen LogP contribution in [0.2, 0.25) is 0 Å². The normalized spacial score (nSPS) is 12.6. The van der Waals surface area contributed by atoms with Crippen LogP contribution in [-0.2, 0) is 25.7 Å². The van der Waals surface area contributed by atoms with Crippen LogP contribution in [0.5, 0.6) is 0 Å². The van der Waals surface area contributed by atoms with Crippen LogP contribution in [0.4, 0.5) is 10.5 Å². The fraction of sp³-hybridized carbons (Fsp3) is 0.250. The third-order valence-electron chi connectivity index (χ3n) is 3.85. The number of amides is 2. The summed E-state index contributed by atoms with van der Waals surface area (Å²) in [7, 11) is 0. The van der Waals surface area contributed by atoms with Crippen molar-refractivity contribution in [1.82, 2.24) is 0 Å². The molecule has 2 aromatic carbocycles. The summed E-state index contributed by atoms with van der Waals surface area (Å²) < 4.78 is 10.4. The van der Waals surface area contributed by atoms with E-state index in [-0.39, 0.29) is 13.2 Å². The maximum absolute atomic E-state index is 11.9. The van der Waals surface area contributed by atoms with Gasteiger partial charge in [-0.25, -0.2) is 4.79 Å². The molecule has 0 aliphatic heterocycles. The average molecular weight is 370 g/mol. The smallest absolute Gasteiger partial charge is 0.411 e. The van der Waals surface area contributed by atoms with Gasteiger partial charge in [-0.1, -0.05) is 42.5 Å². The van der Waals surface area contributed by atoms with Crippen molar-refractivity contribution in [3.63, 3.8) is 0 Å². The van der Waals surface area contributed by atoms with Crippen molar-refractivity contribution in [1.29, 1.82) is 0 Å². The Morgan fingerprint density at radius 3 is 2.33 bits per heavy atom. The highest BCUT2D eigenvalue weighted by atomic mass is 16.5. The van der Waals surface area contributed by atoms with Gasteiger partial charge in [0.2, 0.25) is 5.91 Å². The van der Waals surface area contributed by atoms with Crippen molar-refractivity contribution in [2.24, 2.45) is 5.73 Å². The molecule has 2 amide bonds. The van der Waals surface area contributed by atoms with Crippen LogP contribution in [0, 0.1) is 0 Å². The molecular formula is C20H22N2O5. The number of anilines is 1. The Kier molecular flexibility index (Phi) is 7.51. The molecule has 3 N–H and O–H groups in total. The first-order chi connectivity index (χ1) is 13.0. The van der Waals surface area contributed by atoms with Crippen LogP contribution in [-0.4, -0.2) is 31.0 Å². The van der Waals surface area contributed by atoms with E-state index in [2.05, 4.69) is 5.32 Å². The van der Waals surface area contributed by atoms with Gasteiger partial charge in [-0.2, -0.15) is 0 Å². The fourth-order valence-corrected chi connectivity index (χ4v) is 2.53. The minimum absolute atomic E-state index is 0.159. The highest BCUT2D eigenvalue weighted by Gasteiger charge is 2.28. The van der Waals surface area contributed by atoms with E-state index >= 15 is 0 Å². The number of aldehydes is 1. The molecular weight excluding hydrogens is 348 g/mol. The fourth-order valence-electron chi connectivity index (χ4n) is 2.53. The van der Waals surface area contributed by atoms with Crippen molar-refractivity contribution in [2.45, 2.75) is 25.6 Å². The minimum Gasteiger partial charge on any atom is -0.444 e. The average Bonchev–Trinajstić information content (AvgIpc) is 2.68. The maximum atomic E-state index is 11.9. The molecule has 0 saturated carbocycles. The van der Waals surface area contributed by atoms with Gasteiger partial charge in [-0.15, -0.1) is 0 Å². The Hall–Kier alpha value is -3.19. The lowest BCUT2D eigenvalue weighted by atomic mass is 9.94. The zero-order valence-corrected chi connectivity index (χ0v) is 15.0. The molecule has 0 radical (unpaired) electrons. The van der Waals surface area contributed by atoms with E-state index < -0.39 is 24.0 Å². The summed E-state index contributed by atoms with van der Waals surface area (Å²) in [6, 6.07) is 15.8. The van der Waals surface area contributed by atoms with Gasteiger partial charge in [-0.3, -0.25) is 10.1 Å². The quantitative estimate of drug-likeness (QED) is 0.660. The summed E-state index contributed by atoms with van der Waals surface area (Å²) in [5.74, 6) is -1.53. The Morgan fingerprint density at radius 1 is 1.11 bits per heavy atom. The van der Waals surface area contributed by atoms with E-state index in [1.54, 1.807) is 31.2 Å². The monoisotopic (exact) mass is 370 g/mol. The molecule has 7 nitrogen and oxygen atoms in total. The number of ether oxygens (including phenoxy) is 2. The second kappa shape index (κ2) is 10.1. The molecule has 0 aliphatic rings. The molecule has 0 spiro atoms. The summed E-state index contributed by atoms with van der Waals surface area (Å²) in [4.78, 5) is 34.8. The Labute approximate surface area is 157 Å². The van der Waals surface area contributed by atoms with E-state index in [1.807, 2.05) is 30.3 Å². The van der Waals surface area contributed by atoms with Gasteiger partial charge in [0.1, 0.15) is 19.0 Å². The molecule has 2 rings (SSSR count). The van der Waals surface area contributed by atoms with Gasteiger partial charge < -0.3 is 20.0 Å². The largest absolute Gasteiger partial charge is 0.444 e. The summed E-state index contributed by atoms with van der Waals surface area (Å²) in [5.41, 5.74) is 7.25. The van der Waals surface area contributed by atoms with Gasteiger partial charge in [-0.05, 0) is 30.2 Å². The molecule has 2 unspecified atom stereocenters. The molecule has 142 valence electrons. The topological polar surface area (TPSA) is 108 Å². The van der Waals surface area contributed by atoms with Crippen LogP contribution in [0.15, 0.2) is 54.6 Å². The first kappa shape index (κ1) is 20.1. The van der Waals surface area contributed by atoms with E-state index in [1.165, 1.54) is 0 Å². The number of nitrogens with one attached hydrogen (secondary N) is 1. The summed E-state index contributed by atoms with van der Waals surface area (Å²) in [6.45, 7) is 2.13.